The quantitative estimate of drug-likeness (QED) is 0.413. The van der Waals surface area contributed by atoms with E-state index in [2.05, 4.69) is 17.0 Å². The van der Waals surface area contributed by atoms with Crippen LogP contribution in [0.3, 0.4) is 0 Å². The van der Waals surface area contributed by atoms with Gasteiger partial charge in [0.15, 0.2) is 0 Å². The summed E-state index contributed by atoms with van der Waals surface area (Å²) in [5, 5.41) is 18.6. The van der Waals surface area contributed by atoms with Crippen LogP contribution in [-0.4, -0.2) is 22.2 Å². The van der Waals surface area contributed by atoms with Crippen LogP contribution in [0, 0.1) is 11.3 Å². The molecule has 6 heteroatoms. The van der Waals surface area contributed by atoms with Crippen LogP contribution in [0.15, 0.2) is 72.3 Å². The Hall–Kier alpha value is -3.43. The average Bonchev–Trinajstić information content (AvgIpc) is 3.34. The van der Waals surface area contributed by atoms with E-state index in [4.69, 9.17) is 0 Å². The monoisotopic (exact) mass is 360 g/mol. The lowest BCUT2D eigenvalue weighted by Crippen LogP contribution is -2.24. The van der Waals surface area contributed by atoms with Crippen molar-refractivity contribution in [2.45, 2.75) is 0 Å². The molecule has 5 nitrogen and oxygen atoms in total. The van der Waals surface area contributed by atoms with Crippen LogP contribution in [0.4, 0.5) is 0 Å². The minimum absolute atomic E-state index is 0.0252. The van der Waals surface area contributed by atoms with Crippen molar-refractivity contribution in [3.8, 4) is 22.3 Å². The molecule has 128 valence electrons. The largest absolute Gasteiger partial charge is 0.348 e. The van der Waals surface area contributed by atoms with Crippen LogP contribution in [-0.2, 0) is 4.79 Å². The summed E-state index contributed by atoms with van der Waals surface area (Å²) < 4.78 is 1.75. The third-order valence-corrected chi connectivity index (χ3v) is 4.47. The molecule has 26 heavy (non-hydrogen) atoms. The fourth-order valence-corrected chi connectivity index (χ4v) is 3.11. The number of benzene rings is 1. The molecule has 3 aromatic rings. The van der Waals surface area contributed by atoms with E-state index in [0.29, 0.717) is 12.1 Å². The summed E-state index contributed by atoms with van der Waals surface area (Å²) in [5.74, 6) is -0.433. The summed E-state index contributed by atoms with van der Waals surface area (Å²) in [6.45, 7) is 3.86. The van der Waals surface area contributed by atoms with Gasteiger partial charge in [-0.2, -0.15) is 10.4 Å². The highest BCUT2D eigenvalue weighted by atomic mass is 32.1. The Morgan fingerprint density at radius 1 is 1.31 bits per heavy atom. The van der Waals surface area contributed by atoms with Gasteiger partial charge in [0.2, 0.25) is 0 Å². The maximum Gasteiger partial charge on any atom is 0.262 e. The number of nitrogens with one attached hydrogen (secondary N) is 1. The Kier molecular flexibility index (Phi) is 5.42. The van der Waals surface area contributed by atoms with Gasteiger partial charge in [-0.1, -0.05) is 30.3 Å². The first-order chi connectivity index (χ1) is 12.7. The Morgan fingerprint density at radius 2 is 2.12 bits per heavy atom. The molecule has 0 bridgehead atoms. The molecular weight excluding hydrogens is 344 g/mol. The summed E-state index contributed by atoms with van der Waals surface area (Å²) in [7, 11) is 0. The summed E-state index contributed by atoms with van der Waals surface area (Å²) >= 11 is 1.55. The summed E-state index contributed by atoms with van der Waals surface area (Å²) in [4.78, 5) is 13.1. The topological polar surface area (TPSA) is 70.7 Å². The van der Waals surface area contributed by atoms with Crippen molar-refractivity contribution in [1.29, 1.82) is 5.26 Å². The molecule has 0 unspecified atom stereocenters. The van der Waals surface area contributed by atoms with E-state index >= 15 is 0 Å². The Balaban J connectivity index is 2.06. The maximum absolute atomic E-state index is 12.1. The van der Waals surface area contributed by atoms with E-state index in [-0.39, 0.29) is 5.57 Å². The first-order valence-electron chi connectivity index (χ1n) is 7.93. The smallest absolute Gasteiger partial charge is 0.262 e. The van der Waals surface area contributed by atoms with Gasteiger partial charge in [0.1, 0.15) is 17.3 Å². The van der Waals surface area contributed by atoms with Crippen molar-refractivity contribution in [3.63, 3.8) is 0 Å². The standard InChI is InChI=1S/C20H16N4OS/c1-2-10-22-20(25)15(13-21)12-16-14-24(17-7-4-3-5-8-17)23-19(16)18-9-6-11-26-18/h2-9,11-12,14H,1,10H2,(H,22,25)/b15-12+. The average molecular weight is 360 g/mol. The van der Waals surface area contributed by atoms with Crippen molar-refractivity contribution >= 4 is 23.3 Å². The van der Waals surface area contributed by atoms with E-state index in [1.807, 2.05) is 60.1 Å². The molecule has 0 atom stereocenters. The van der Waals surface area contributed by atoms with Gasteiger partial charge in [0, 0.05) is 18.3 Å². The van der Waals surface area contributed by atoms with Gasteiger partial charge in [-0.05, 0) is 29.7 Å². The molecule has 1 aromatic carbocycles. The number of nitriles is 1. The number of hydrogen-bond donors (Lipinski definition) is 1. The molecular formula is C20H16N4OS. The molecule has 1 N–H and O–H groups in total. The number of amides is 1. The Labute approximate surface area is 155 Å². The third-order valence-electron chi connectivity index (χ3n) is 3.59. The Bertz CT molecular complexity index is 979. The van der Waals surface area contributed by atoms with Gasteiger partial charge in [0.25, 0.3) is 5.91 Å². The van der Waals surface area contributed by atoms with Crippen LogP contribution in [0.5, 0.6) is 0 Å². The second-order valence-electron chi connectivity index (χ2n) is 5.36. The van der Waals surface area contributed by atoms with Crippen molar-refractivity contribution in [2.75, 3.05) is 6.54 Å². The van der Waals surface area contributed by atoms with Crippen LogP contribution in [0.1, 0.15) is 5.56 Å². The molecule has 2 heterocycles. The van der Waals surface area contributed by atoms with Gasteiger partial charge < -0.3 is 5.32 Å². The third kappa shape index (κ3) is 3.79. The van der Waals surface area contributed by atoms with Crippen LogP contribution in [0.2, 0.25) is 0 Å². The number of thiophene rings is 1. The summed E-state index contributed by atoms with van der Waals surface area (Å²) in [5.41, 5.74) is 2.37. The van der Waals surface area contributed by atoms with Gasteiger partial charge in [-0.3, -0.25) is 4.79 Å². The number of para-hydroxylation sites is 1. The van der Waals surface area contributed by atoms with Crippen molar-refractivity contribution in [1.82, 2.24) is 15.1 Å². The lowest BCUT2D eigenvalue weighted by molar-refractivity contribution is -0.116. The zero-order valence-corrected chi connectivity index (χ0v) is 14.7. The number of aromatic nitrogens is 2. The molecule has 0 aliphatic rings. The van der Waals surface area contributed by atoms with E-state index in [1.54, 1.807) is 28.2 Å². The minimum atomic E-state index is -0.433. The SMILES string of the molecule is C=CCNC(=O)/C(C#N)=C/c1cn(-c2ccccc2)nc1-c1cccs1. The number of hydrogen-bond acceptors (Lipinski definition) is 4. The lowest BCUT2D eigenvalue weighted by atomic mass is 10.1. The number of rotatable bonds is 6. The second-order valence-corrected chi connectivity index (χ2v) is 6.31. The highest BCUT2D eigenvalue weighted by Crippen LogP contribution is 2.29. The van der Waals surface area contributed by atoms with Crippen LogP contribution in [0.25, 0.3) is 22.3 Å². The first-order valence-corrected chi connectivity index (χ1v) is 8.80. The fraction of sp³-hybridized carbons (Fsp3) is 0.0500. The number of nitrogens with zero attached hydrogens (tertiary/aromatic N) is 3. The Morgan fingerprint density at radius 3 is 2.77 bits per heavy atom. The molecule has 0 saturated carbocycles. The van der Waals surface area contributed by atoms with E-state index in [1.165, 1.54) is 0 Å². The molecule has 3 rings (SSSR count). The maximum atomic E-state index is 12.1. The van der Waals surface area contributed by atoms with Gasteiger partial charge in [0.05, 0.1) is 10.6 Å². The molecule has 2 aromatic heterocycles. The predicted molar refractivity (Wildman–Crippen MR) is 104 cm³/mol. The van der Waals surface area contributed by atoms with Gasteiger partial charge >= 0.3 is 0 Å². The molecule has 0 spiro atoms. The summed E-state index contributed by atoms with van der Waals surface area (Å²) in [6, 6.07) is 15.6. The molecule has 1 amide bonds. The van der Waals surface area contributed by atoms with Gasteiger partial charge in [-0.25, -0.2) is 4.68 Å². The number of carbonyl (C=O) groups excluding carboxylic acids is 1. The van der Waals surface area contributed by atoms with Crippen molar-refractivity contribution < 1.29 is 4.79 Å². The number of carbonyl (C=O) groups is 1. The highest BCUT2D eigenvalue weighted by Gasteiger charge is 2.15. The van der Waals surface area contributed by atoms with Crippen molar-refractivity contribution in [2.24, 2.45) is 0 Å². The zero-order chi connectivity index (χ0) is 18.4. The molecule has 0 aliphatic heterocycles. The normalized spacial score (nSPS) is 11.0. The predicted octanol–water partition coefficient (Wildman–Crippen LogP) is 3.81. The van der Waals surface area contributed by atoms with Crippen molar-refractivity contribution in [3.05, 3.63) is 77.8 Å². The van der Waals surface area contributed by atoms with Crippen LogP contribution < -0.4 is 5.32 Å². The van der Waals surface area contributed by atoms with Gasteiger partial charge in [-0.15, -0.1) is 17.9 Å². The molecule has 0 aliphatic carbocycles. The highest BCUT2D eigenvalue weighted by molar-refractivity contribution is 7.13. The molecule has 0 radical (unpaired) electrons. The second kappa shape index (κ2) is 8.10. The fourth-order valence-electron chi connectivity index (χ4n) is 2.37. The first kappa shape index (κ1) is 17.4. The molecule has 0 saturated heterocycles. The van der Waals surface area contributed by atoms with Crippen LogP contribution >= 0.6 is 11.3 Å². The lowest BCUT2D eigenvalue weighted by Gasteiger charge is -2.00. The van der Waals surface area contributed by atoms with E-state index in [9.17, 15) is 10.1 Å². The zero-order valence-electron chi connectivity index (χ0n) is 13.9. The summed E-state index contributed by atoms with van der Waals surface area (Å²) in [6.07, 6.45) is 4.96. The molecule has 0 fully saturated rings. The van der Waals surface area contributed by atoms with E-state index < -0.39 is 5.91 Å². The minimum Gasteiger partial charge on any atom is -0.348 e. The van der Waals surface area contributed by atoms with E-state index in [0.717, 1.165) is 16.3 Å².